The summed E-state index contributed by atoms with van der Waals surface area (Å²) in [5.74, 6) is 0.778. The number of oxime groups is 1. The van der Waals surface area contributed by atoms with Gasteiger partial charge in [0.05, 0.1) is 0 Å². The molecule has 15 heavy (non-hydrogen) atoms. The van der Waals surface area contributed by atoms with Gasteiger partial charge in [-0.3, -0.25) is 5.01 Å². The third kappa shape index (κ3) is 2.30. The van der Waals surface area contributed by atoms with E-state index >= 15 is 0 Å². The lowest BCUT2D eigenvalue weighted by Crippen LogP contribution is -2.49. The first-order chi connectivity index (χ1) is 7.16. The standard InChI is InChI=1S/C10H12BrN3O/c1-7-12-14(2)10(13-15-7)8-3-5-9(11)6-4-8/h3-7,12H,1-2H3. The summed E-state index contributed by atoms with van der Waals surface area (Å²) < 4.78 is 1.05. The van der Waals surface area contributed by atoms with E-state index in [2.05, 4.69) is 26.5 Å². The minimum absolute atomic E-state index is 0.0887. The summed E-state index contributed by atoms with van der Waals surface area (Å²) in [5, 5.41) is 5.91. The zero-order chi connectivity index (χ0) is 10.8. The Hall–Kier alpha value is -1.07. The first-order valence-electron chi connectivity index (χ1n) is 4.66. The van der Waals surface area contributed by atoms with E-state index in [1.165, 1.54) is 0 Å². The van der Waals surface area contributed by atoms with Crippen molar-refractivity contribution in [1.29, 1.82) is 0 Å². The average molecular weight is 270 g/mol. The molecule has 0 radical (unpaired) electrons. The van der Waals surface area contributed by atoms with E-state index in [-0.39, 0.29) is 6.23 Å². The van der Waals surface area contributed by atoms with Crippen molar-refractivity contribution >= 4 is 21.8 Å². The molecule has 0 aliphatic carbocycles. The van der Waals surface area contributed by atoms with Crippen molar-refractivity contribution in [1.82, 2.24) is 10.4 Å². The first-order valence-corrected chi connectivity index (χ1v) is 5.46. The van der Waals surface area contributed by atoms with E-state index in [1.54, 1.807) is 0 Å². The van der Waals surface area contributed by atoms with Crippen LogP contribution in [0.15, 0.2) is 33.9 Å². The molecule has 0 fully saturated rings. The number of amidine groups is 1. The Morgan fingerprint density at radius 2 is 2.07 bits per heavy atom. The molecule has 5 heteroatoms. The van der Waals surface area contributed by atoms with Gasteiger partial charge in [0.15, 0.2) is 12.1 Å². The molecular formula is C10H12BrN3O. The van der Waals surface area contributed by atoms with Gasteiger partial charge in [-0.1, -0.05) is 21.1 Å². The van der Waals surface area contributed by atoms with Gasteiger partial charge in [0.1, 0.15) is 0 Å². The van der Waals surface area contributed by atoms with Crippen molar-refractivity contribution in [2.45, 2.75) is 13.2 Å². The summed E-state index contributed by atoms with van der Waals surface area (Å²) in [6.07, 6.45) is -0.0887. The molecule has 1 aliphatic heterocycles. The van der Waals surface area contributed by atoms with E-state index in [1.807, 2.05) is 43.2 Å². The Morgan fingerprint density at radius 1 is 1.40 bits per heavy atom. The predicted octanol–water partition coefficient (Wildman–Crippen LogP) is 1.92. The molecule has 4 nitrogen and oxygen atoms in total. The van der Waals surface area contributed by atoms with Crippen LogP contribution in [0.5, 0.6) is 0 Å². The molecule has 1 aromatic carbocycles. The van der Waals surface area contributed by atoms with Gasteiger partial charge < -0.3 is 4.84 Å². The number of hydrogen-bond donors (Lipinski definition) is 1. The molecule has 1 atom stereocenters. The van der Waals surface area contributed by atoms with Crippen LogP contribution in [-0.2, 0) is 4.84 Å². The fraction of sp³-hybridized carbons (Fsp3) is 0.300. The Balaban J connectivity index is 2.27. The number of benzene rings is 1. The summed E-state index contributed by atoms with van der Waals surface area (Å²) in [7, 11) is 1.92. The van der Waals surface area contributed by atoms with Gasteiger partial charge >= 0.3 is 0 Å². The van der Waals surface area contributed by atoms with Crippen molar-refractivity contribution in [2.75, 3.05) is 7.05 Å². The van der Waals surface area contributed by atoms with Gasteiger partial charge in [-0.2, -0.15) is 5.43 Å². The first kappa shape index (κ1) is 10.4. The van der Waals surface area contributed by atoms with E-state index < -0.39 is 0 Å². The second-order valence-electron chi connectivity index (χ2n) is 3.36. The van der Waals surface area contributed by atoms with Gasteiger partial charge in [0, 0.05) is 17.1 Å². The van der Waals surface area contributed by atoms with Gasteiger partial charge in [-0.05, 0) is 31.2 Å². The summed E-state index contributed by atoms with van der Waals surface area (Å²) >= 11 is 3.39. The van der Waals surface area contributed by atoms with Gasteiger partial charge in [-0.15, -0.1) is 0 Å². The molecule has 1 aromatic rings. The second-order valence-corrected chi connectivity index (χ2v) is 4.27. The minimum Gasteiger partial charge on any atom is -0.373 e. The maximum Gasteiger partial charge on any atom is 0.192 e. The van der Waals surface area contributed by atoms with Crippen LogP contribution < -0.4 is 5.43 Å². The smallest absolute Gasteiger partial charge is 0.192 e. The SMILES string of the molecule is CC1NN(C)C(c2ccc(Br)cc2)=NO1. The fourth-order valence-corrected chi connectivity index (χ4v) is 1.66. The molecule has 1 unspecified atom stereocenters. The molecule has 0 saturated carbocycles. The summed E-state index contributed by atoms with van der Waals surface area (Å²) in [6, 6.07) is 7.92. The van der Waals surface area contributed by atoms with Crippen molar-refractivity contribution in [3.63, 3.8) is 0 Å². The fourth-order valence-electron chi connectivity index (χ4n) is 1.39. The van der Waals surface area contributed by atoms with Crippen LogP contribution >= 0.6 is 15.9 Å². The number of halogens is 1. The van der Waals surface area contributed by atoms with E-state index in [9.17, 15) is 0 Å². The Labute approximate surface area is 97.0 Å². The molecule has 0 bridgehead atoms. The van der Waals surface area contributed by atoms with Crippen molar-refractivity contribution in [3.8, 4) is 0 Å². The highest BCUT2D eigenvalue weighted by molar-refractivity contribution is 9.10. The van der Waals surface area contributed by atoms with Crippen LogP contribution in [0.25, 0.3) is 0 Å². The third-order valence-electron chi connectivity index (χ3n) is 2.09. The van der Waals surface area contributed by atoms with Crippen LogP contribution in [0.2, 0.25) is 0 Å². The van der Waals surface area contributed by atoms with E-state index in [0.29, 0.717) is 0 Å². The molecule has 1 heterocycles. The molecule has 0 spiro atoms. The summed E-state index contributed by atoms with van der Waals surface area (Å²) in [5.41, 5.74) is 4.12. The van der Waals surface area contributed by atoms with Crippen LogP contribution in [0.4, 0.5) is 0 Å². The molecule has 1 aliphatic rings. The van der Waals surface area contributed by atoms with Crippen LogP contribution in [0.3, 0.4) is 0 Å². The Bertz CT molecular complexity index is 377. The predicted molar refractivity (Wildman–Crippen MR) is 62.1 cm³/mol. The molecule has 80 valence electrons. The zero-order valence-electron chi connectivity index (χ0n) is 8.57. The number of nitrogens with one attached hydrogen (secondary N) is 1. The normalized spacial score (nSPS) is 20.9. The molecule has 0 saturated heterocycles. The highest BCUT2D eigenvalue weighted by atomic mass is 79.9. The highest BCUT2D eigenvalue weighted by Gasteiger charge is 2.18. The van der Waals surface area contributed by atoms with Crippen molar-refractivity contribution in [2.24, 2.45) is 5.16 Å². The number of rotatable bonds is 1. The highest BCUT2D eigenvalue weighted by Crippen LogP contribution is 2.13. The van der Waals surface area contributed by atoms with Gasteiger partial charge in [0.25, 0.3) is 0 Å². The Kier molecular flexibility index (Phi) is 2.93. The average Bonchev–Trinajstić information content (AvgIpc) is 2.20. The number of hydrogen-bond acceptors (Lipinski definition) is 4. The molecular weight excluding hydrogens is 258 g/mol. The molecule has 0 aromatic heterocycles. The van der Waals surface area contributed by atoms with E-state index in [0.717, 1.165) is 15.9 Å². The van der Waals surface area contributed by atoms with Crippen LogP contribution in [0.1, 0.15) is 12.5 Å². The minimum atomic E-state index is -0.0887. The van der Waals surface area contributed by atoms with Crippen molar-refractivity contribution < 1.29 is 4.84 Å². The second kappa shape index (κ2) is 4.20. The largest absolute Gasteiger partial charge is 0.373 e. The van der Waals surface area contributed by atoms with Gasteiger partial charge in [0.2, 0.25) is 0 Å². The number of hydrazine groups is 1. The maximum atomic E-state index is 5.17. The lowest BCUT2D eigenvalue weighted by molar-refractivity contribution is -0.00931. The number of nitrogens with zero attached hydrogens (tertiary/aromatic N) is 2. The topological polar surface area (TPSA) is 36.9 Å². The summed E-state index contributed by atoms with van der Waals surface area (Å²) in [4.78, 5) is 5.17. The third-order valence-corrected chi connectivity index (χ3v) is 2.62. The summed E-state index contributed by atoms with van der Waals surface area (Å²) in [6.45, 7) is 1.90. The maximum absolute atomic E-state index is 5.17. The lowest BCUT2D eigenvalue weighted by atomic mass is 10.2. The van der Waals surface area contributed by atoms with Gasteiger partial charge in [-0.25, -0.2) is 0 Å². The van der Waals surface area contributed by atoms with Crippen LogP contribution in [0, 0.1) is 0 Å². The quantitative estimate of drug-likeness (QED) is 0.847. The van der Waals surface area contributed by atoms with Crippen molar-refractivity contribution in [3.05, 3.63) is 34.3 Å². The Morgan fingerprint density at radius 3 is 2.67 bits per heavy atom. The molecule has 1 N–H and O–H groups in total. The van der Waals surface area contributed by atoms with E-state index in [4.69, 9.17) is 4.84 Å². The van der Waals surface area contributed by atoms with Crippen LogP contribution in [-0.4, -0.2) is 24.1 Å². The monoisotopic (exact) mass is 269 g/mol. The molecule has 0 amide bonds. The lowest BCUT2D eigenvalue weighted by Gasteiger charge is -2.29. The zero-order valence-corrected chi connectivity index (χ0v) is 10.2. The molecule has 2 rings (SSSR count).